The quantitative estimate of drug-likeness (QED) is 0.899. The number of aliphatic carboxylic acids is 1. The number of hydrogen-bond acceptors (Lipinski definition) is 4. The largest absolute Gasteiger partial charge is 0.480 e. The molecular weight excluding hydrogens is 318 g/mol. The summed E-state index contributed by atoms with van der Waals surface area (Å²) in [5, 5.41) is 9.06. The normalized spacial score (nSPS) is 23.2. The highest BCUT2D eigenvalue weighted by Gasteiger charge is 2.33. The summed E-state index contributed by atoms with van der Waals surface area (Å²) in [6, 6.07) is 10.2. The number of benzene rings is 1. The zero-order valence-electron chi connectivity index (χ0n) is 14.6. The van der Waals surface area contributed by atoms with Gasteiger partial charge in [0.1, 0.15) is 6.54 Å². The average Bonchev–Trinajstić information content (AvgIpc) is 2.95. The predicted molar refractivity (Wildman–Crippen MR) is 96.7 cm³/mol. The number of likely N-dealkylation sites (tertiary alicyclic amines) is 1. The molecule has 0 bridgehead atoms. The van der Waals surface area contributed by atoms with Gasteiger partial charge >= 0.3 is 5.97 Å². The Morgan fingerprint density at radius 2 is 1.80 bits per heavy atom. The molecule has 1 unspecified atom stereocenters. The zero-order chi connectivity index (χ0) is 17.6. The molecule has 2 fully saturated rings. The van der Waals surface area contributed by atoms with E-state index in [1.54, 1.807) is 0 Å². The lowest BCUT2D eigenvalue weighted by atomic mass is 10.1. The Bertz CT molecular complexity index is 593. The molecule has 0 aliphatic carbocycles. The predicted octanol–water partition coefficient (Wildman–Crippen LogP) is 1.66. The Kier molecular flexibility index (Phi) is 5.91. The van der Waals surface area contributed by atoms with Crippen LogP contribution in [0.3, 0.4) is 0 Å². The van der Waals surface area contributed by atoms with Crippen molar-refractivity contribution in [2.45, 2.75) is 31.7 Å². The molecule has 25 heavy (non-hydrogen) atoms. The molecule has 1 N–H and O–H groups in total. The van der Waals surface area contributed by atoms with Crippen LogP contribution in [0.1, 0.15) is 25.7 Å². The summed E-state index contributed by atoms with van der Waals surface area (Å²) >= 11 is 0. The van der Waals surface area contributed by atoms with Gasteiger partial charge in [-0.15, -0.1) is 0 Å². The number of carboxylic acids is 1. The first-order valence-corrected chi connectivity index (χ1v) is 9.20. The van der Waals surface area contributed by atoms with Gasteiger partial charge in [0.05, 0.1) is 6.04 Å². The minimum Gasteiger partial charge on any atom is -0.480 e. The van der Waals surface area contributed by atoms with Crippen LogP contribution < -0.4 is 4.90 Å². The van der Waals surface area contributed by atoms with Crippen molar-refractivity contribution in [1.82, 2.24) is 9.80 Å². The summed E-state index contributed by atoms with van der Waals surface area (Å²) in [6.07, 6.45) is 3.71. The molecule has 0 radical (unpaired) electrons. The molecule has 1 atom stereocenters. The van der Waals surface area contributed by atoms with E-state index in [0.717, 1.165) is 51.9 Å². The highest BCUT2D eigenvalue weighted by atomic mass is 16.4. The Balaban J connectivity index is 1.66. The van der Waals surface area contributed by atoms with Gasteiger partial charge in [0.15, 0.2) is 0 Å². The number of carbonyl (C=O) groups excluding carboxylic acids is 1. The smallest absolute Gasteiger partial charge is 0.323 e. The van der Waals surface area contributed by atoms with E-state index >= 15 is 0 Å². The van der Waals surface area contributed by atoms with E-state index in [4.69, 9.17) is 5.11 Å². The molecule has 3 rings (SSSR count). The summed E-state index contributed by atoms with van der Waals surface area (Å²) in [7, 11) is 0. The van der Waals surface area contributed by atoms with Gasteiger partial charge in [-0.3, -0.25) is 14.5 Å². The van der Waals surface area contributed by atoms with Crippen molar-refractivity contribution >= 4 is 17.6 Å². The third kappa shape index (κ3) is 4.51. The summed E-state index contributed by atoms with van der Waals surface area (Å²) in [4.78, 5) is 30.1. The lowest BCUT2D eigenvalue weighted by Crippen LogP contribution is -2.50. The number of nitrogens with zero attached hydrogens (tertiary/aromatic N) is 3. The van der Waals surface area contributed by atoms with Crippen molar-refractivity contribution in [2.75, 3.05) is 44.2 Å². The van der Waals surface area contributed by atoms with Gasteiger partial charge in [0, 0.05) is 38.4 Å². The van der Waals surface area contributed by atoms with E-state index in [-0.39, 0.29) is 18.5 Å². The molecule has 6 heteroatoms. The van der Waals surface area contributed by atoms with Gasteiger partial charge in [-0.2, -0.15) is 0 Å². The Hall–Kier alpha value is -2.08. The number of para-hydroxylation sites is 1. The van der Waals surface area contributed by atoms with Crippen molar-refractivity contribution in [3.8, 4) is 0 Å². The first-order valence-electron chi connectivity index (χ1n) is 9.20. The van der Waals surface area contributed by atoms with Crippen LogP contribution in [-0.4, -0.2) is 72.1 Å². The van der Waals surface area contributed by atoms with E-state index in [0.29, 0.717) is 6.54 Å². The molecular formula is C19H27N3O3. The molecule has 1 amide bonds. The van der Waals surface area contributed by atoms with Gasteiger partial charge in [0.25, 0.3) is 0 Å². The van der Waals surface area contributed by atoms with Crippen LogP contribution in [0, 0.1) is 0 Å². The molecule has 136 valence electrons. The second-order valence-electron chi connectivity index (χ2n) is 6.88. The Labute approximate surface area is 149 Å². The fourth-order valence-electron chi connectivity index (χ4n) is 3.89. The molecule has 1 aromatic carbocycles. The lowest BCUT2D eigenvalue weighted by Gasteiger charge is -2.31. The first-order chi connectivity index (χ1) is 12.1. The second kappa shape index (κ2) is 8.34. The van der Waals surface area contributed by atoms with Crippen molar-refractivity contribution in [2.24, 2.45) is 0 Å². The topological polar surface area (TPSA) is 64.1 Å². The summed E-state index contributed by atoms with van der Waals surface area (Å²) in [6.45, 7) is 3.99. The zero-order valence-corrected chi connectivity index (χ0v) is 14.6. The second-order valence-corrected chi connectivity index (χ2v) is 6.88. The van der Waals surface area contributed by atoms with Gasteiger partial charge < -0.3 is 14.9 Å². The first kappa shape index (κ1) is 17.7. The molecule has 2 saturated heterocycles. The highest BCUT2D eigenvalue weighted by Crippen LogP contribution is 2.21. The van der Waals surface area contributed by atoms with Crippen LogP contribution in [0.4, 0.5) is 5.69 Å². The van der Waals surface area contributed by atoms with Crippen LogP contribution in [0.5, 0.6) is 0 Å². The fourth-order valence-corrected chi connectivity index (χ4v) is 3.89. The van der Waals surface area contributed by atoms with E-state index in [1.165, 1.54) is 10.6 Å². The van der Waals surface area contributed by atoms with E-state index in [2.05, 4.69) is 34.1 Å². The average molecular weight is 345 g/mol. The van der Waals surface area contributed by atoms with Crippen molar-refractivity contribution in [1.29, 1.82) is 0 Å². The molecule has 0 aromatic heterocycles. The van der Waals surface area contributed by atoms with E-state index < -0.39 is 5.97 Å². The van der Waals surface area contributed by atoms with Crippen LogP contribution in [0.25, 0.3) is 0 Å². The minimum absolute atomic E-state index is 0.00642. The fraction of sp³-hybridized carbons (Fsp3) is 0.579. The number of carbonyl (C=O) groups is 2. The Morgan fingerprint density at radius 3 is 2.56 bits per heavy atom. The van der Waals surface area contributed by atoms with Crippen LogP contribution in [0.2, 0.25) is 0 Å². The van der Waals surface area contributed by atoms with Crippen molar-refractivity contribution in [3.05, 3.63) is 30.3 Å². The summed E-state index contributed by atoms with van der Waals surface area (Å²) in [5.41, 5.74) is 1.23. The molecule has 2 heterocycles. The van der Waals surface area contributed by atoms with Gasteiger partial charge in [-0.25, -0.2) is 0 Å². The van der Waals surface area contributed by atoms with Gasteiger partial charge in [0.2, 0.25) is 5.91 Å². The number of hydrogen-bond donors (Lipinski definition) is 1. The number of amides is 1. The van der Waals surface area contributed by atoms with Crippen molar-refractivity contribution < 1.29 is 14.7 Å². The molecule has 6 nitrogen and oxygen atoms in total. The molecule has 0 saturated carbocycles. The summed E-state index contributed by atoms with van der Waals surface area (Å²) in [5.74, 6) is -0.937. The number of anilines is 1. The molecule has 2 aliphatic heterocycles. The summed E-state index contributed by atoms with van der Waals surface area (Å²) < 4.78 is 0. The number of rotatable bonds is 4. The van der Waals surface area contributed by atoms with Crippen molar-refractivity contribution in [3.63, 3.8) is 0 Å². The third-order valence-corrected chi connectivity index (χ3v) is 5.17. The minimum atomic E-state index is -0.930. The van der Waals surface area contributed by atoms with Crippen LogP contribution in [-0.2, 0) is 9.59 Å². The lowest BCUT2D eigenvalue weighted by molar-refractivity contribution is -0.146. The third-order valence-electron chi connectivity index (χ3n) is 5.17. The standard InChI is InChI=1S/C19H27N3O3/c23-18(24)15-22-10-5-4-9-17(19(22)25)21-12-6-11-20(13-14-21)16-7-2-1-3-8-16/h1-3,7-8,17H,4-6,9-15H2,(H,23,24). The molecule has 1 aromatic rings. The Morgan fingerprint density at radius 1 is 1.00 bits per heavy atom. The molecule has 2 aliphatic rings. The van der Waals surface area contributed by atoms with Gasteiger partial charge in [-0.1, -0.05) is 18.2 Å². The van der Waals surface area contributed by atoms with Crippen LogP contribution >= 0.6 is 0 Å². The van der Waals surface area contributed by atoms with Gasteiger partial charge in [-0.05, 0) is 37.8 Å². The monoisotopic (exact) mass is 345 g/mol. The van der Waals surface area contributed by atoms with E-state index in [1.807, 2.05) is 6.07 Å². The molecule has 0 spiro atoms. The SMILES string of the molecule is O=C(O)CN1CCCCC(N2CCCN(c3ccccc3)CC2)C1=O. The van der Waals surface area contributed by atoms with E-state index in [9.17, 15) is 9.59 Å². The highest BCUT2D eigenvalue weighted by molar-refractivity contribution is 5.85. The maximum Gasteiger partial charge on any atom is 0.323 e. The van der Waals surface area contributed by atoms with Crippen LogP contribution in [0.15, 0.2) is 30.3 Å². The maximum atomic E-state index is 12.9. The number of carboxylic acid groups (broad SMARTS) is 1. The maximum absolute atomic E-state index is 12.9.